The lowest BCUT2D eigenvalue weighted by Crippen LogP contribution is -2.32. The van der Waals surface area contributed by atoms with Crippen molar-refractivity contribution in [3.05, 3.63) is 0 Å². The predicted molar refractivity (Wildman–Crippen MR) is 50.8 cm³/mol. The summed E-state index contributed by atoms with van der Waals surface area (Å²) in [7, 11) is 0. The smallest absolute Gasteiger partial charge is 0.105 e. The van der Waals surface area contributed by atoms with Crippen LogP contribution in [0, 0.1) is 0 Å². The van der Waals surface area contributed by atoms with Crippen LogP contribution in [0.5, 0.6) is 0 Å². The van der Waals surface area contributed by atoms with Gasteiger partial charge in [0.25, 0.3) is 0 Å². The Hall–Kier alpha value is 0.360. The van der Waals surface area contributed by atoms with Crippen molar-refractivity contribution in [1.29, 1.82) is 0 Å². The molecule has 1 unspecified atom stereocenters. The fourth-order valence-electron chi connectivity index (χ4n) is 1.23. The second kappa shape index (κ2) is 5.09. The molecule has 0 radical (unpaired) electrons. The molecule has 1 aliphatic heterocycles. The van der Waals surface area contributed by atoms with Crippen molar-refractivity contribution in [3.8, 4) is 0 Å². The highest BCUT2D eigenvalue weighted by molar-refractivity contribution is 8.93. The van der Waals surface area contributed by atoms with Crippen molar-refractivity contribution in [2.45, 2.75) is 20.1 Å². The van der Waals surface area contributed by atoms with Gasteiger partial charge in [0.15, 0.2) is 0 Å². The third-order valence-corrected chi connectivity index (χ3v) is 2.06. The van der Waals surface area contributed by atoms with Gasteiger partial charge in [-0.2, -0.15) is 0 Å². The Bertz CT molecular complexity index is 111. The Morgan fingerprint density at radius 1 is 1.45 bits per heavy atom. The lowest BCUT2D eigenvalue weighted by atomic mass is 10.5. The monoisotopic (exact) mass is 224 g/mol. The summed E-state index contributed by atoms with van der Waals surface area (Å²) in [5, 5.41) is 9.16. The summed E-state index contributed by atoms with van der Waals surface area (Å²) in [6.07, 6.45) is -0.281. The van der Waals surface area contributed by atoms with E-state index < -0.39 is 0 Å². The fraction of sp³-hybridized carbons (Fsp3) is 1.00. The van der Waals surface area contributed by atoms with Gasteiger partial charge in [-0.25, -0.2) is 0 Å². The number of halogens is 1. The van der Waals surface area contributed by atoms with E-state index in [1.54, 1.807) is 0 Å². The largest absolute Gasteiger partial charge is 0.379 e. The summed E-state index contributed by atoms with van der Waals surface area (Å²) < 4.78 is 0. The van der Waals surface area contributed by atoms with Crippen LogP contribution >= 0.6 is 17.0 Å². The second-order valence-electron chi connectivity index (χ2n) is 2.80. The minimum Gasteiger partial charge on any atom is -0.379 e. The number of hydrogen-bond donors (Lipinski definition) is 1. The average molecular weight is 225 g/mol. The van der Waals surface area contributed by atoms with E-state index in [-0.39, 0.29) is 23.2 Å². The van der Waals surface area contributed by atoms with E-state index in [0.29, 0.717) is 0 Å². The number of aliphatic hydroxyl groups is 1. The molecule has 1 N–H and O–H groups in total. The third kappa shape index (κ3) is 3.07. The predicted octanol–water partition coefficient (Wildman–Crippen LogP) is 0.498. The Labute approximate surface area is 78.7 Å². The maximum absolute atomic E-state index is 9.16. The molecule has 0 spiro atoms. The molecule has 1 fully saturated rings. The Morgan fingerprint density at radius 2 is 2.09 bits per heavy atom. The summed E-state index contributed by atoms with van der Waals surface area (Å²) in [4.78, 5) is 4.37. The van der Waals surface area contributed by atoms with Crippen LogP contribution in [0.3, 0.4) is 0 Å². The molecule has 0 aromatic rings. The van der Waals surface area contributed by atoms with Crippen LogP contribution in [0.1, 0.15) is 13.8 Å². The SMILES string of the molecule is Br.CCN1CCN(C(C)O)C1. The molecule has 0 bridgehead atoms. The van der Waals surface area contributed by atoms with Crippen LogP contribution in [-0.2, 0) is 0 Å². The lowest BCUT2D eigenvalue weighted by molar-refractivity contribution is 0.0253. The Kier molecular flexibility index (Phi) is 5.25. The van der Waals surface area contributed by atoms with Crippen LogP contribution in [0.2, 0.25) is 0 Å². The van der Waals surface area contributed by atoms with E-state index in [4.69, 9.17) is 5.11 Å². The van der Waals surface area contributed by atoms with Gasteiger partial charge in [0.2, 0.25) is 0 Å². The standard InChI is InChI=1S/C7H16N2O.BrH/c1-3-8-4-5-9(6-8)7(2)10;/h7,10H,3-6H2,1-2H3;1H. The maximum Gasteiger partial charge on any atom is 0.105 e. The summed E-state index contributed by atoms with van der Waals surface area (Å²) in [5.74, 6) is 0. The van der Waals surface area contributed by atoms with E-state index in [1.165, 1.54) is 0 Å². The normalized spacial score (nSPS) is 23.2. The van der Waals surface area contributed by atoms with Gasteiger partial charge in [-0.15, -0.1) is 17.0 Å². The third-order valence-electron chi connectivity index (χ3n) is 2.06. The molecule has 0 aromatic carbocycles. The van der Waals surface area contributed by atoms with Crippen molar-refractivity contribution in [1.82, 2.24) is 9.80 Å². The second-order valence-corrected chi connectivity index (χ2v) is 2.80. The van der Waals surface area contributed by atoms with E-state index in [2.05, 4.69) is 16.7 Å². The molecular weight excluding hydrogens is 208 g/mol. The number of nitrogens with zero attached hydrogens (tertiary/aromatic N) is 2. The Balaban J connectivity index is 0.000001000. The highest BCUT2D eigenvalue weighted by Crippen LogP contribution is 2.05. The zero-order valence-corrected chi connectivity index (χ0v) is 8.87. The molecule has 0 amide bonds. The van der Waals surface area contributed by atoms with Gasteiger partial charge in [-0.1, -0.05) is 6.92 Å². The number of hydrogen-bond acceptors (Lipinski definition) is 3. The van der Waals surface area contributed by atoms with Crippen molar-refractivity contribution < 1.29 is 5.11 Å². The van der Waals surface area contributed by atoms with E-state index in [0.717, 1.165) is 26.3 Å². The van der Waals surface area contributed by atoms with E-state index >= 15 is 0 Å². The van der Waals surface area contributed by atoms with Crippen LogP contribution in [-0.4, -0.2) is 47.4 Å². The molecule has 1 heterocycles. The van der Waals surface area contributed by atoms with Crippen LogP contribution in [0.4, 0.5) is 0 Å². The molecule has 3 nitrogen and oxygen atoms in total. The minimum atomic E-state index is -0.281. The molecule has 0 aliphatic carbocycles. The highest BCUT2D eigenvalue weighted by Gasteiger charge is 2.20. The minimum absolute atomic E-state index is 0. The molecule has 1 rings (SSSR count). The van der Waals surface area contributed by atoms with Gasteiger partial charge in [-0.05, 0) is 13.5 Å². The molecule has 0 aromatic heterocycles. The van der Waals surface area contributed by atoms with Gasteiger partial charge in [0.1, 0.15) is 6.23 Å². The molecule has 11 heavy (non-hydrogen) atoms. The molecular formula is C7H17BrN2O. The Morgan fingerprint density at radius 3 is 2.36 bits per heavy atom. The zero-order valence-electron chi connectivity index (χ0n) is 7.16. The topological polar surface area (TPSA) is 26.7 Å². The number of likely N-dealkylation sites (N-methyl/N-ethyl adjacent to an activating group) is 1. The van der Waals surface area contributed by atoms with Crippen LogP contribution in [0.25, 0.3) is 0 Å². The van der Waals surface area contributed by atoms with Gasteiger partial charge in [-0.3, -0.25) is 9.80 Å². The molecule has 0 saturated carbocycles. The first-order valence-electron chi connectivity index (χ1n) is 3.88. The van der Waals surface area contributed by atoms with Crippen LogP contribution < -0.4 is 0 Å². The first kappa shape index (κ1) is 11.4. The van der Waals surface area contributed by atoms with Crippen molar-refractivity contribution in [2.24, 2.45) is 0 Å². The quantitative estimate of drug-likeness (QED) is 0.741. The molecule has 68 valence electrons. The van der Waals surface area contributed by atoms with Crippen molar-refractivity contribution >= 4 is 17.0 Å². The lowest BCUT2D eigenvalue weighted by Gasteiger charge is -2.18. The van der Waals surface area contributed by atoms with Crippen molar-refractivity contribution in [3.63, 3.8) is 0 Å². The average Bonchev–Trinajstić information content (AvgIpc) is 2.34. The number of rotatable bonds is 2. The van der Waals surface area contributed by atoms with E-state index in [1.807, 2.05) is 6.92 Å². The molecule has 4 heteroatoms. The van der Waals surface area contributed by atoms with Gasteiger partial charge in [0.05, 0.1) is 6.67 Å². The highest BCUT2D eigenvalue weighted by atomic mass is 79.9. The summed E-state index contributed by atoms with van der Waals surface area (Å²) >= 11 is 0. The van der Waals surface area contributed by atoms with Crippen LogP contribution in [0.15, 0.2) is 0 Å². The van der Waals surface area contributed by atoms with Gasteiger partial charge >= 0.3 is 0 Å². The number of aliphatic hydroxyl groups excluding tert-OH is 1. The molecule has 1 aliphatic rings. The molecule has 1 saturated heterocycles. The summed E-state index contributed by atoms with van der Waals surface area (Å²) in [6, 6.07) is 0. The van der Waals surface area contributed by atoms with Gasteiger partial charge in [0, 0.05) is 13.1 Å². The molecule has 1 atom stereocenters. The first-order chi connectivity index (χ1) is 4.74. The van der Waals surface area contributed by atoms with Crippen molar-refractivity contribution in [2.75, 3.05) is 26.3 Å². The van der Waals surface area contributed by atoms with E-state index in [9.17, 15) is 0 Å². The maximum atomic E-state index is 9.16. The van der Waals surface area contributed by atoms with Gasteiger partial charge < -0.3 is 5.11 Å². The fourth-order valence-corrected chi connectivity index (χ4v) is 1.23. The summed E-state index contributed by atoms with van der Waals surface area (Å²) in [6.45, 7) is 8.08. The first-order valence-corrected chi connectivity index (χ1v) is 3.88. The summed E-state index contributed by atoms with van der Waals surface area (Å²) in [5.41, 5.74) is 0. The zero-order chi connectivity index (χ0) is 7.56.